The SMILES string of the molecule is C#CC1SCCCS1. The molecule has 1 rings (SSSR count). The van der Waals surface area contributed by atoms with Crippen molar-refractivity contribution < 1.29 is 0 Å². The van der Waals surface area contributed by atoms with Crippen molar-refractivity contribution in [2.45, 2.75) is 11.0 Å². The molecular weight excluding hydrogens is 136 g/mol. The summed E-state index contributed by atoms with van der Waals surface area (Å²) in [5.74, 6) is 5.23. The lowest BCUT2D eigenvalue weighted by molar-refractivity contribution is 1.11. The second-order valence-corrected chi connectivity index (χ2v) is 4.32. The van der Waals surface area contributed by atoms with E-state index in [9.17, 15) is 0 Å². The highest BCUT2D eigenvalue weighted by atomic mass is 32.2. The third kappa shape index (κ3) is 1.65. The molecule has 0 spiro atoms. The first-order valence-electron chi connectivity index (χ1n) is 2.63. The molecule has 0 bridgehead atoms. The summed E-state index contributed by atoms with van der Waals surface area (Å²) in [7, 11) is 0. The van der Waals surface area contributed by atoms with Gasteiger partial charge in [-0.25, -0.2) is 0 Å². The molecule has 0 unspecified atom stereocenters. The van der Waals surface area contributed by atoms with Crippen LogP contribution in [0.5, 0.6) is 0 Å². The third-order valence-electron chi connectivity index (χ3n) is 0.963. The molecule has 0 aromatic rings. The molecule has 0 aliphatic carbocycles. The minimum absolute atomic E-state index is 0.448. The predicted octanol–water partition coefficient (Wildman–Crippen LogP) is 1.82. The Bertz CT molecular complexity index is 97.6. The van der Waals surface area contributed by atoms with Crippen molar-refractivity contribution in [1.29, 1.82) is 0 Å². The molecule has 0 nitrogen and oxygen atoms in total. The topological polar surface area (TPSA) is 0 Å². The Morgan fingerprint density at radius 2 is 2.00 bits per heavy atom. The normalized spacial score (nSPS) is 22.4. The van der Waals surface area contributed by atoms with Crippen LogP contribution in [0.25, 0.3) is 0 Å². The van der Waals surface area contributed by atoms with E-state index in [-0.39, 0.29) is 0 Å². The summed E-state index contributed by atoms with van der Waals surface area (Å²) in [6, 6.07) is 0. The minimum atomic E-state index is 0.448. The van der Waals surface area contributed by atoms with Crippen molar-refractivity contribution in [3.05, 3.63) is 0 Å². The van der Waals surface area contributed by atoms with Crippen molar-refractivity contribution >= 4 is 23.5 Å². The first-order chi connectivity index (χ1) is 3.93. The molecule has 0 aromatic carbocycles. The Morgan fingerprint density at radius 1 is 1.38 bits per heavy atom. The number of terminal acetylenes is 1. The fraction of sp³-hybridized carbons (Fsp3) is 0.667. The molecule has 8 heavy (non-hydrogen) atoms. The summed E-state index contributed by atoms with van der Waals surface area (Å²) in [4.78, 5) is 0. The molecule has 0 saturated carbocycles. The van der Waals surface area contributed by atoms with Gasteiger partial charge in [0.15, 0.2) is 0 Å². The highest BCUT2D eigenvalue weighted by Gasteiger charge is 2.09. The molecule has 2 heteroatoms. The lowest BCUT2D eigenvalue weighted by atomic mass is 10.6. The molecule has 1 saturated heterocycles. The highest BCUT2D eigenvalue weighted by molar-refractivity contribution is 8.17. The molecule has 0 aromatic heterocycles. The maximum atomic E-state index is 5.21. The van der Waals surface area contributed by atoms with E-state index < -0.39 is 0 Å². The van der Waals surface area contributed by atoms with E-state index in [4.69, 9.17) is 6.42 Å². The van der Waals surface area contributed by atoms with Gasteiger partial charge in [-0.1, -0.05) is 5.92 Å². The molecule has 1 aliphatic heterocycles. The third-order valence-corrected chi connectivity index (χ3v) is 3.71. The van der Waals surface area contributed by atoms with Crippen molar-refractivity contribution in [2.24, 2.45) is 0 Å². The fourth-order valence-corrected chi connectivity index (χ4v) is 2.97. The van der Waals surface area contributed by atoms with Gasteiger partial charge < -0.3 is 0 Å². The average Bonchev–Trinajstić information content (AvgIpc) is 1.90. The van der Waals surface area contributed by atoms with Crippen molar-refractivity contribution in [1.82, 2.24) is 0 Å². The summed E-state index contributed by atoms with van der Waals surface area (Å²) in [6.45, 7) is 0. The highest BCUT2D eigenvalue weighted by Crippen LogP contribution is 2.29. The van der Waals surface area contributed by atoms with E-state index in [0.717, 1.165) is 0 Å². The Kier molecular flexibility index (Phi) is 2.65. The minimum Gasteiger partial charge on any atom is -0.135 e. The molecule has 0 N–H and O–H groups in total. The van der Waals surface area contributed by atoms with Gasteiger partial charge in [0.1, 0.15) is 4.58 Å². The average molecular weight is 144 g/mol. The lowest BCUT2D eigenvalue weighted by Gasteiger charge is -2.14. The summed E-state index contributed by atoms with van der Waals surface area (Å²) in [6.07, 6.45) is 6.54. The second kappa shape index (κ2) is 3.32. The Hall–Kier alpha value is 0.260. The Morgan fingerprint density at radius 3 is 2.38 bits per heavy atom. The van der Waals surface area contributed by atoms with Crippen LogP contribution in [0.15, 0.2) is 0 Å². The van der Waals surface area contributed by atoms with Crippen LogP contribution in [0.4, 0.5) is 0 Å². The zero-order chi connectivity index (χ0) is 5.82. The van der Waals surface area contributed by atoms with Crippen LogP contribution >= 0.6 is 23.5 Å². The van der Waals surface area contributed by atoms with Crippen molar-refractivity contribution in [3.8, 4) is 12.3 Å². The van der Waals surface area contributed by atoms with Gasteiger partial charge in [-0.2, -0.15) is 0 Å². The van der Waals surface area contributed by atoms with Gasteiger partial charge in [0.2, 0.25) is 0 Å². The number of hydrogen-bond acceptors (Lipinski definition) is 2. The van der Waals surface area contributed by atoms with Gasteiger partial charge >= 0.3 is 0 Å². The van der Waals surface area contributed by atoms with Crippen molar-refractivity contribution in [3.63, 3.8) is 0 Å². The largest absolute Gasteiger partial charge is 0.135 e. The number of hydrogen-bond donors (Lipinski definition) is 0. The van der Waals surface area contributed by atoms with E-state index in [2.05, 4.69) is 5.92 Å². The molecule has 44 valence electrons. The molecular formula is C6H8S2. The zero-order valence-corrected chi connectivity index (χ0v) is 6.23. The van der Waals surface area contributed by atoms with Crippen LogP contribution in [0.3, 0.4) is 0 Å². The first kappa shape index (κ1) is 6.38. The van der Waals surface area contributed by atoms with E-state index in [0.29, 0.717) is 4.58 Å². The first-order valence-corrected chi connectivity index (χ1v) is 4.72. The van der Waals surface area contributed by atoms with E-state index in [1.54, 1.807) is 0 Å². The van der Waals surface area contributed by atoms with Gasteiger partial charge in [0.25, 0.3) is 0 Å². The predicted molar refractivity (Wildman–Crippen MR) is 42.2 cm³/mol. The van der Waals surface area contributed by atoms with Gasteiger partial charge in [-0.3, -0.25) is 0 Å². The van der Waals surface area contributed by atoms with Crippen LogP contribution in [-0.2, 0) is 0 Å². The zero-order valence-electron chi connectivity index (χ0n) is 4.59. The molecule has 0 radical (unpaired) electrons. The second-order valence-electron chi connectivity index (χ2n) is 1.59. The number of thioether (sulfide) groups is 2. The van der Waals surface area contributed by atoms with Gasteiger partial charge in [0.05, 0.1) is 0 Å². The van der Waals surface area contributed by atoms with Crippen LogP contribution in [0, 0.1) is 12.3 Å². The van der Waals surface area contributed by atoms with Crippen LogP contribution < -0.4 is 0 Å². The summed E-state index contributed by atoms with van der Waals surface area (Å²) in [5, 5.41) is 0. The summed E-state index contributed by atoms with van der Waals surface area (Å²) in [5.41, 5.74) is 0. The quantitative estimate of drug-likeness (QED) is 0.476. The summed E-state index contributed by atoms with van der Waals surface area (Å²) < 4.78 is 0.448. The Balaban J connectivity index is 2.25. The molecule has 0 atom stereocenters. The maximum absolute atomic E-state index is 5.21. The lowest BCUT2D eigenvalue weighted by Crippen LogP contribution is -2.02. The van der Waals surface area contributed by atoms with Crippen molar-refractivity contribution in [2.75, 3.05) is 11.5 Å². The van der Waals surface area contributed by atoms with Gasteiger partial charge in [-0.15, -0.1) is 29.9 Å². The maximum Gasteiger partial charge on any atom is 0.111 e. The van der Waals surface area contributed by atoms with Gasteiger partial charge in [0, 0.05) is 0 Å². The molecule has 1 heterocycles. The van der Waals surface area contributed by atoms with Crippen LogP contribution in [-0.4, -0.2) is 16.1 Å². The fourth-order valence-electron chi connectivity index (χ4n) is 0.584. The number of rotatable bonds is 0. The van der Waals surface area contributed by atoms with E-state index >= 15 is 0 Å². The molecule has 0 amide bonds. The van der Waals surface area contributed by atoms with Crippen LogP contribution in [0.2, 0.25) is 0 Å². The van der Waals surface area contributed by atoms with Crippen LogP contribution in [0.1, 0.15) is 6.42 Å². The molecule has 1 fully saturated rings. The van der Waals surface area contributed by atoms with Gasteiger partial charge in [-0.05, 0) is 17.9 Å². The smallest absolute Gasteiger partial charge is 0.111 e. The monoisotopic (exact) mass is 144 g/mol. The van der Waals surface area contributed by atoms with E-state index in [1.807, 2.05) is 23.5 Å². The standard InChI is InChI=1S/C6H8S2/c1-2-6-7-4-3-5-8-6/h1,6H,3-5H2. The molecule has 1 aliphatic rings. The summed E-state index contributed by atoms with van der Waals surface area (Å²) >= 11 is 3.78. The van der Waals surface area contributed by atoms with E-state index in [1.165, 1.54) is 17.9 Å². The Labute approximate surface area is 58.8 Å².